The van der Waals surface area contributed by atoms with Gasteiger partial charge in [0.25, 0.3) is 5.91 Å². The summed E-state index contributed by atoms with van der Waals surface area (Å²) in [5, 5.41) is 7.10. The molecule has 0 unspecified atom stereocenters. The normalized spacial score (nSPS) is 10.3. The lowest BCUT2D eigenvalue weighted by Crippen LogP contribution is -2.14. The standard InChI is InChI=1S/C17H13NO3S2/c1-21-17(20)14-12(13-8-5-9-22-13)10-23-16(14)18-15(19)11-6-3-2-4-7-11/h2-10H,1H3,(H,18,19). The number of benzene rings is 1. The van der Waals surface area contributed by atoms with Gasteiger partial charge in [0.1, 0.15) is 10.6 Å². The summed E-state index contributed by atoms with van der Waals surface area (Å²) in [7, 11) is 1.33. The molecule has 0 spiro atoms. The highest BCUT2D eigenvalue weighted by molar-refractivity contribution is 7.17. The molecule has 0 atom stereocenters. The molecule has 3 rings (SSSR count). The number of carbonyl (C=O) groups excluding carboxylic acids is 2. The van der Waals surface area contributed by atoms with Gasteiger partial charge >= 0.3 is 5.97 Å². The van der Waals surface area contributed by atoms with Gasteiger partial charge in [-0.25, -0.2) is 4.79 Å². The minimum Gasteiger partial charge on any atom is -0.465 e. The summed E-state index contributed by atoms with van der Waals surface area (Å²) in [5.74, 6) is -0.714. The van der Waals surface area contributed by atoms with Crippen LogP contribution in [0.1, 0.15) is 20.7 Å². The van der Waals surface area contributed by atoms with E-state index in [1.165, 1.54) is 29.8 Å². The predicted molar refractivity (Wildman–Crippen MR) is 93.4 cm³/mol. The smallest absolute Gasteiger partial charge is 0.341 e. The van der Waals surface area contributed by atoms with E-state index in [0.717, 1.165) is 10.4 Å². The van der Waals surface area contributed by atoms with Gasteiger partial charge < -0.3 is 10.1 Å². The van der Waals surface area contributed by atoms with E-state index in [9.17, 15) is 9.59 Å². The average molecular weight is 343 g/mol. The van der Waals surface area contributed by atoms with Crippen LogP contribution in [0.3, 0.4) is 0 Å². The van der Waals surface area contributed by atoms with E-state index in [1.54, 1.807) is 24.3 Å². The lowest BCUT2D eigenvalue weighted by molar-refractivity contribution is 0.0603. The van der Waals surface area contributed by atoms with Crippen molar-refractivity contribution in [2.75, 3.05) is 12.4 Å². The van der Waals surface area contributed by atoms with Gasteiger partial charge in [-0.1, -0.05) is 24.3 Å². The van der Waals surface area contributed by atoms with Gasteiger partial charge in [-0.3, -0.25) is 4.79 Å². The van der Waals surface area contributed by atoms with Crippen LogP contribution in [0.5, 0.6) is 0 Å². The topological polar surface area (TPSA) is 55.4 Å². The molecule has 1 N–H and O–H groups in total. The molecule has 6 heteroatoms. The summed E-state index contributed by atoms with van der Waals surface area (Å²) in [6.07, 6.45) is 0. The van der Waals surface area contributed by atoms with Gasteiger partial charge in [0.2, 0.25) is 0 Å². The Balaban J connectivity index is 1.96. The molecule has 0 bridgehead atoms. The van der Waals surface area contributed by atoms with Crippen molar-refractivity contribution in [2.45, 2.75) is 0 Å². The van der Waals surface area contributed by atoms with Crippen LogP contribution in [-0.4, -0.2) is 19.0 Å². The fourth-order valence-corrected chi connectivity index (χ4v) is 3.90. The summed E-state index contributed by atoms with van der Waals surface area (Å²) in [4.78, 5) is 25.4. The van der Waals surface area contributed by atoms with Crippen LogP contribution in [0.15, 0.2) is 53.2 Å². The fraction of sp³-hybridized carbons (Fsp3) is 0.0588. The number of rotatable bonds is 4. The van der Waals surface area contributed by atoms with Gasteiger partial charge in [0.05, 0.1) is 7.11 Å². The molecule has 0 saturated carbocycles. The highest BCUT2D eigenvalue weighted by Crippen LogP contribution is 2.38. The zero-order valence-electron chi connectivity index (χ0n) is 12.2. The third kappa shape index (κ3) is 3.18. The Morgan fingerprint density at radius 2 is 1.83 bits per heavy atom. The largest absolute Gasteiger partial charge is 0.465 e. The van der Waals surface area contributed by atoms with Crippen LogP contribution in [0.2, 0.25) is 0 Å². The first-order chi connectivity index (χ1) is 11.2. The van der Waals surface area contributed by atoms with Crippen molar-refractivity contribution < 1.29 is 14.3 Å². The minimum atomic E-state index is -0.460. The summed E-state index contributed by atoms with van der Waals surface area (Å²) in [6, 6.07) is 12.7. The molecule has 0 aliphatic carbocycles. The van der Waals surface area contributed by atoms with Crippen molar-refractivity contribution >= 4 is 39.6 Å². The van der Waals surface area contributed by atoms with Gasteiger partial charge in [-0.2, -0.15) is 0 Å². The Bertz CT molecular complexity index is 823. The SMILES string of the molecule is COC(=O)c1c(-c2cccs2)csc1NC(=O)c1ccccc1. The number of methoxy groups -OCH3 is 1. The Morgan fingerprint density at radius 1 is 1.04 bits per heavy atom. The third-order valence-corrected chi connectivity index (χ3v) is 5.03. The Morgan fingerprint density at radius 3 is 2.48 bits per heavy atom. The van der Waals surface area contributed by atoms with E-state index in [-0.39, 0.29) is 5.91 Å². The Kier molecular flexibility index (Phi) is 4.55. The lowest BCUT2D eigenvalue weighted by Gasteiger charge is -2.07. The molecule has 116 valence electrons. The molecule has 2 heterocycles. The number of nitrogens with one attached hydrogen (secondary N) is 1. The molecule has 0 fully saturated rings. The maximum atomic E-state index is 12.3. The lowest BCUT2D eigenvalue weighted by atomic mass is 10.1. The van der Waals surface area contributed by atoms with Crippen molar-refractivity contribution in [3.63, 3.8) is 0 Å². The maximum absolute atomic E-state index is 12.3. The highest BCUT2D eigenvalue weighted by atomic mass is 32.1. The van der Waals surface area contributed by atoms with E-state index in [0.29, 0.717) is 16.1 Å². The second-order valence-electron chi connectivity index (χ2n) is 4.64. The van der Waals surface area contributed by atoms with Crippen LogP contribution in [0, 0.1) is 0 Å². The summed E-state index contributed by atoms with van der Waals surface area (Å²) >= 11 is 2.85. The molecule has 1 aromatic carbocycles. The number of hydrogen-bond donors (Lipinski definition) is 1. The van der Waals surface area contributed by atoms with Crippen LogP contribution < -0.4 is 5.32 Å². The summed E-state index contributed by atoms with van der Waals surface area (Å²) < 4.78 is 4.88. The summed E-state index contributed by atoms with van der Waals surface area (Å²) in [5.41, 5.74) is 1.71. The van der Waals surface area contributed by atoms with E-state index in [2.05, 4.69) is 5.32 Å². The monoisotopic (exact) mass is 343 g/mol. The highest BCUT2D eigenvalue weighted by Gasteiger charge is 2.23. The molecule has 0 saturated heterocycles. The Hall–Kier alpha value is -2.44. The van der Waals surface area contributed by atoms with Crippen molar-refractivity contribution in [2.24, 2.45) is 0 Å². The first-order valence-electron chi connectivity index (χ1n) is 6.80. The number of amides is 1. The second-order valence-corrected chi connectivity index (χ2v) is 6.47. The second kappa shape index (κ2) is 6.76. The van der Waals surface area contributed by atoms with Gasteiger partial charge in [-0.05, 0) is 23.6 Å². The molecule has 1 amide bonds. The fourth-order valence-electron chi connectivity index (χ4n) is 2.13. The zero-order chi connectivity index (χ0) is 16.2. The van der Waals surface area contributed by atoms with Crippen LogP contribution >= 0.6 is 22.7 Å². The molecule has 0 aliphatic rings. The number of carbonyl (C=O) groups is 2. The molecule has 23 heavy (non-hydrogen) atoms. The molecular formula is C17H13NO3S2. The number of esters is 1. The predicted octanol–water partition coefficient (Wildman–Crippen LogP) is 4.52. The number of ether oxygens (including phenoxy) is 1. The van der Waals surface area contributed by atoms with Crippen molar-refractivity contribution in [1.82, 2.24) is 0 Å². The van der Waals surface area contributed by atoms with E-state index in [4.69, 9.17) is 4.74 Å². The van der Waals surface area contributed by atoms with Gasteiger partial charge in [0.15, 0.2) is 0 Å². The van der Waals surface area contributed by atoms with Gasteiger partial charge in [0, 0.05) is 21.4 Å². The van der Waals surface area contributed by atoms with Crippen molar-refractivity contribution in [3.8, 4) is 10.4 Å². The van der Waals surface area contributed by atoms with E-state index >= 15 is 0 Å². The summed E-state index contributed by atoms with van der Waals surface area (Å²) in [6.45, 7) is 0. The molecule has 3 aromatic rings. The Labute approximate surface area is 141 Å². The van der Waals surface area contributed by atoms with E-state index in [1.807, 2.05) is 29.0 Å². The van der Waals surface area contributed by atoms with Crippen LogP contribution in [0.25, 0.3) is 10.4 Å². The minimum absolute atomic E-state index is 0.254. The zero-order valence-corrected chi connectivity index (χ0v) is 13.9. The molecule has 4 nitrogen and oxygen atoms in total. The van der Waals surface area contributed by atoms with Crippen molar-refractivity contribution in [1.29, 1.82) is 0 Å². The molecule has 2 aromatic heterocycles. The molecule has 0 aliphatic heterocycles. The van der Waals surface area contributed by atoms with E-state index < -0.39 is 5.97 Å². The van der Waals surface area contributed by atoms with Crippen molar-refractivity contribution in [3.05, 3.63) is 64.4 Å². The number of hydrogen-bond acceptors (Lipinski definition) is 5. The quantitative estimate of drug-likeness (QED) is 0.709. The maximum Gasteiger partial charge on any atom is 0.341 e. The molecular weight excluding hydrogens is 330 g/mol. The third-order valence-electron chi connectivity index (χ3n) is 3.23. The van der Waals surface area contributed by atoms with Gasteiger partial charge in [-0.15, -0.1) is 22.7 Å². The first-order valence-corrected chi connectivity index (χ1v) is 8.56. The van der Waals surface area contributed by atoms with Crippen LogP contribution in [0.4, 0.5) is 5.00 Å². The number of thiophene rings is 2. The first kappa shape index (κ1) is 15.5. The number of anilines is 1. The van der Waals surface area contributed by atoms with Crippen LogP contribution in [-0.2, 0) is 4.74 Å². The molecule has 0 radical (unpaired) electrons. The average Bonchev–Trinajstić information content (AvgIpc) is 3.24.